The third-order valence-electron chi connectivity index (χ3n) is 0.667. The molecule has 0 saturated heterocycles. The number of hydrogen-bond donors (Lipinski definition) is 0. The van der Waals surface area contributed by atoms with Crippen LogP contribution in [0.5, 0.6) is 0 Å². The van der Waals surface area contributed by atoms with Gasteiger partial charge in [0.25, 0.3) is 0 Å². The standard InChI is InChI=1S/C6H6.C2H5.Y/c1-2-4-6-5-3-1;1-2;/h1-6H;1H2,2H3;/q;-1;. The molecule has 0 spiro atoms. The first kappa shape index (κ1) is 12.0. The molecule has 1 heteroatoms. The van der Waals surface area contributed by atoms with Gasteiger partial charge in [0.05, 0.1) is 0 Å². The predicted octanol–water partition coefficient (Wildman–Crippen LogP) is 2.52. The molecule has 0 aliphatic heterocycles. The molecule has 0 amide bonds. The molecule has 1 rings (SSSR count). The predicted molar refractivity (Wildman–Crippen MR) is 37.5 cm³/mol. The Morgan fingerprint density at radius 3 is 0.889 bits per heavy atom. The Bertz CT molecular complexity index is 76.5. The van der Waals surface area contributed by atoms with Crippen molar-refractivity contribution < 1.29 is 32.7 Å². The fraction of sp³-hybridized carbons (Fsp3) is 0.125. The number of hydrogen-bond acceptors (Lipinski definition) is 0. The zero-order chi connectivity index (χ0) is 6.24. The van der Waals surface area contributed by atoms with Crippen molar-refractivity contribution >= 4 is 0 Å². The van der Waals surface area contributed by atoms with E-state index in [9.17, 15) is 0 Å². The number of benzene rings is 1. The summed E-state index contributed by atoms with van der Waals surface area (Å²) in [5.74, 6) is 0. The van der Waals surface area contributed by atoms with Gasteiger partial charge in [0, 0.05) is 32.7 Å². The Morgan fingerprint density at radius 2 is 0.778 bits per heavy atom. The Morgan fingerprint density at radius 1 is 0.667 bits per heavy atom. The second-order valence-electron chi connectivity index (χ2n) is 1.15. The summed E-state index contributed by atoms with van der Waals surface area (Å²) in [4.78, 5) is 0. The molecule has 0 unspecified atom stereocenters. The summed E-state index contributed by atoms with van der Waals surface area (Å²) in [6.45, 7) is 5.00. The van der Waals surface area contributed by atoms with Gasteiger partial charge in [-0.25, -0.2) is 0 Å². The van der Waals surface area contributed by atoms with Crippen LogP contribution in [0.4, 0.5) is 0 Å². The molecule has 1 aromatic carbocycles. The summed E-state index contributed by atoms with van der Waals surface area (Å²) in [6, 6.07) is 12.0. The molecule has 0 atom stereocenters. The van der Waals surface area contributed by atoms with Gasteiger partial charge in [-0.05, 0) is 0 Å². The van der Waals surface area contributed by atoms with Gasteiger partial charge in [0.1, 0.15) is 0 Å². The maximum absolute atomic E-state index is 3.25. The maximum Gasteiger partial charge on any atom is 0 e. The van der Waals surface area contributed by atoms with Gasteiger partial charge in [-0.1, -0.05) is 36.4 Å². The van der Waals surface area contributed by atoms with E-state index in [0.29, 0.717) is 0 Å². The van der Waals surface area contributed by atoms with Gasteiger partial charge < -0.3 is 6.92 Å². The molecular weight excluding hydrogens is 185 g/mol. The Labute approximate surface area is 82.6 Å². The molecule has 0 aliphatic rings. The molecule has 0 nitrogen and oxygen atoms in total. The molecule has 0 bridgehead atoms. The summed E-state index contributed by atoms with van der Waals surface area (Å²) in [5.41, 5.74) is 0. The van der Waals surface area contributed by atoms with Crippen molar-refractivity contribution in [2.45, 2.75) is 6.92 Å². The molecule has 47 valence electrons. The molecular formula is C8H11Y-. The zero-order valence-electron chi connectivity index (χ0n) is 5.75. The molecule has 1 radical (unpaired) electrons. The summed E-state index contributed by atoms with van der Waals surface area (Å²) < 4.78 is 0. The topological polar surface area (TPSA) is 0 Å². The quantitative estimate of drug-likeness (QED) is 0.559. The molecule has 0 N–H and O–H groups in total. The van der Waals surface area contributed by atoms with E-state index in [1.165, 1.54) is 0 Å². The second-order valence-corrected chi connectivity index (χ2v) is 1.15. The van der Waals surface area contributed by atoms with Crippen LogP contribution >= 0.6 is 0 Å². The van der Waals surface area contributed by atoms with Crippen molar-refractivity contribution in [1.82, 2.24) is 0 Å². The summed E-state index contributed by atoms with van der Waals surface area (Å²) in [5, 5.41) is 0. The van der Waals surface area contributed by atoms with Crippen molar-refractivity contribution in [2.24, 2.45) is 0 Å². The molecule has 0 heterocycles. The third-order valence-corrected chi connectivity index (χ3v) is 0.667. The zero-order valence-corrected chi connectivity index (χ0v) is 8.59. The van der Waals surface area contributed by atoms with Crippen LogP contribution in [0.25, 0.3) is 0 Å². The minimum Gasteiger partial charge on any atom is -0.346 e. The van der Waals surface area contributed by atoms with Gasteiger partial charge in [-0.15, -0.1) is 0 Å². The molecule has 1 aromatic rings. The van der Waals surface area contributed by atoms with Crippen LogP contribution in [0.3, 0.4) is 0 Å². The van der Waals surface area contributed by atoms with Gasteiger partial charge in [-0.3, -0.25) is 0 Å². The van der Waals surface area contributed by atoms with Crippen LogP contribution in [-0.2, 0) is 32.7 Å². The van der Waals surface area contributed by atoms with Crippen LogP contribution in [0, 0.1) is 6.92 Å². The average molecular weight is 196 g/mol. The van der Waals surface area contributed by atoms with Crippen LogP contribution in [0.2, 0.25) is 0 Å². The molecule has 9 heavy (non-hydrogen) atoms. The van der Waals surface area contributed by atoms with Crippen molar-refractivity contribution in [3.05, 3.63) is 43.3 Å². The minimum absolute atomic E-state index is 0. The second kappa shape index (κ2) is 11.2. The normalized spacial score (nSPS) is 6.00. The minimum atomic E-state index is 0. The van der Waals surface area contributed by atoms with E-state index in [0.717, 1.165) is 0 Å². The van der Waals surface area contributed by atoms with Gasteiger partial charge >= 0.3 is 0 Å². The van der Waals surface area contributed by atoms with Crippen LogP contribution in [0.1, 0.15) is 6.92 Å². The monoisotopic (exact) mass is 196 g/mol. The van der Waals surface area contributed by atoms with E-state index in [4.69, 9.17) is 0 Å². The van der Waals surface area contributed by atoms with E-state index in [-0.39, 0.29) is 32.7 Å². The summed E-state index contributed by atoms with van der Waals surface area (Å²) in [7, 11) is 0. The van der Waals surface area contributed by atoms with Crippen molar-refractivity contribution in [2.75, 3.05) is 0 Å². The van der Waals surface area contributed by atoms with Crippen molar-refractivity contribution in [3.63, 3.8) is 0 Å². The molecule has 0 saturated carbocycles. The fourth-order valence-corrected chi connectivity index (χ4v) is 0.385. The molecule has 0 fully saturated rings. The van der Waals surface area contributed by atoms with Crippen LogP contribution < -0.4 is 0 Å². The van der Waals surface area contributed by atoms with Crippen molar-refractivity contribution in [1.29, 1.82) is 0 Å². The molecule has 0 aromatic heterocycles. The van der Waals surface area contributed by atoms with Gasteiger partial charge in [0.15, 0.2) is 0 Å². The van der Waals surface area contributed by atoms with Gasteiger partial charge in [-0.2, -0.15) is 6.92 Å². The summed E-state index contributed by atoms with van der Waals surface area (Å²) in [6.07, 6.45) is 0. The first-order chi connectivity index (χ1) is 4.00. The molecule has 0 aliphatic carbocycles. The van der Waals surface area contributed by atoms with Crippen LogP contribution in [-0.4, -0.2) is 0 Å². The van der Waals surface area contributed by atoms with E-state index >= 15 is 0 Å². The van der Waals surface area contributed by atoms with E-state index in [1.54, 1.807) is 6.92 Å². The Kier molecular flexibility index (Phi) is 14.9. The Balaban J connectivity index is 0. The van der Waals surface area contributed by atoms with Crippen LogP contribution in [0.15, 0.2) is 36.4 Å². The van der Waals surface area contributed by atoms with Gasteiger partial charge in [0.2, 0.25) is 0 Å². The SMILES string of the molecule is [CH2-]C.[Y].c1ccccc1. The average Bonchev–Trinajstić information content (AvgIpc) is 1.96. The van der Waals surface area contributed by atoms with Crippen molar-refractivity contribution in [3.8, 4) is 0 Å². The van der Waals surface area contributed by atoms with E-state index in [2.05, 4.69) is 6.92 Å². The first-order valence-corrected chi connectivity index (χ1v) is 2.71. The fourth-order valence-electron chi connectivity index (χ4n) is 0.385. The maximum atomic E-state index is 3.25. The first-order valence-electron chi connectivity index (χ1n) is 2.71. The summed E-state index contributed by atoms with van der Waals surface area (Å²) >= 11 is 0. The smallest absolute Gasteiger partial charge is 0 e. The number of rotatable bonds is 0. The van der Waals surface area contributed by atoms with E-state index < -0.39 is 0 Å². The third kappa shape index (κ3) is 8.32. The van der Waals surface area contributed by atoms with E-state index in [1.807, 2.05) is 36.4 Å². The largest absolute Gasteiger partial charge is 0.346 e. The Hall–Kier alpha value is 0.324.